The maximum absolute atomic E-state index is 15.4. The number of hydrogen-bond acceptors (Lipinski definition) is 4. The average Bonchev–Trinajstić information content (AvgIpc) is 3.26. The van der Waals surface area contributed by atoms with Crippen molar-refractivity contribution in [3.8, 4) is 16.9 Å². The summed E-state index contributed by atoms with van der Waals surface area (Å²) in [6, 6.07) is 18.8. The third-order valence-electron chi connectivity index (χ3n) is 7.03. The molecule has 6 heteroatoms. The number of aryl methyl sites for hydroxylation is 1. The number of nitrogens with zero attached hydrogens (tertiary/aromatic N) is 1. The predicted octanol–water partition coefficient (Wildman–Crippen LogP) is 5.75. The van der Waals surface area contributed by atoms with Crippen LogP contribution in [0.15, 0.2) is 60.7 Å². The number of rotatable bonds is 10. The maximum atomic E-state index is 15.4. The standard InChI is InChI=1S/C30H35FN2O3/c1-20(32)26-9-5-10-27(30(26)31)24-16-21(12-13-25-8-6-14-33(25)2)15-22(17-24)19-36-28-11-4-3-7-23(28)18-29(34)35/h3-5,7,9-11,15-17,20,25H,6,8,12-14,18-19,32H2,1-2H3,(H,34,35)/t20-,25?/m1/s1. The molecule has 1 fully saturated rings. The van der Waals surface area contributed by atoms with Gasteiger partial charge in [0.25, 0.3) is 0 Å². The lowest BCUT2D eigenvalue weighted by atomic mass is 9.94. The molecule has 0 amide bonds. The number of carboxylic acid groups (broad SMARTS) is 1. The largest absolute Gasteiger partial charge is 0.489 e. The highest BCUT2D eigenvalue weighted by molar-refractivity contribution is 5.71. The first-order chi connectivity index (χ1) is 17.3. The molecule has 0 aliphatic carbocycles. The predicted molar refractivity (Wildman–Crippen MR) is 141 cm³/mol. The maximum Gasteiger partial charge on any atom is 0.307 e. The van der Waals surface area contributed by atoms with Crippen LogP contribution in [0.2, 0.25) is 0 Å². The summed E-state index contributed by atoms with van der Waals surface area (Å²) in [6.45, 7) is 3.18. The van der Waals surface area contributed by atoms with Gasteiger partial charge in [-0.3, -0.25) is 4.79 Å². The van der Waals surface area contributed by atoms with E-state index >= 15 is 4.39 Å². The Morgan fingerprint density at radius 2 is 1.94 bits per heavy atom. The molecule has 1 saturated heterocycles. The van der Waals surface area contributed by atoms with E-state index in [1.165, 1.54) is 12.8 Å². The molecule has 1 aliphatic heterocycles. The van der Waals surface area contributed by atoms with Crippen molar-refractivity contribution >= 4 is 5.97 Å². The van der Waals surface area contributed by atoms with Crippen LogP contribution in [0.4, 0.5) is 4.39 Å². The SMILES string of the molecule is C[C@@H](N)c1cccc(-c2cc(CCC3CCCN3C)cc(COc3ccccc3CC(=O)O)c2)c1F. The van der Waals surface area contributed by atoms with Crippen molar-refractivity contribution in [2.45, 2.75) is 57.7 Å². The van der Waals surface area contributed by atoms with Gasteiger partial charge in [-0.05, 0) is 75.0 Å². The van der Waals surface area contributed by atoms with Crippen LogP contribution < -0.4 is 10.5 Å². The minimum atomic E-state index is -0.906. The summed E-state index contributed by atoms with van der Waals surface area (Å²) in [5.41, 5.74) is 10.5. The first-order valence-electron chi connectivity index (χ1n) is 12.6. The summed E-state index contributed by atoms with van der Waals surface area (Å²) < 4.78 is 21.5. The monoisotopic (exact) mass is 490 g/mol. The Kier molecular flexibility index (Phi) is 8.39. The van der Waals surface area contributed by atoms with Crippen molar-refractivity contribution in [2.24, 2.45) is 5.73 Å². The first-order valence-corrected chi connectivity index (χ1v) is 12.6. The molecule has 3 aromatic rings. The molecule has 0 bridgehead atoms. The van der Waals surface area contributed by atoms with Gasteiger partial charge in [0.15, 0.2) is 0 Å². The number of carboxylic acids is 1. The van der Waals surface area contributed by atoms with Gasteiger partial charge in [-0.25, -0.2) is 4.39 Å². The molecule has 0 saturated carbocycles. The molecule has 4 rings (SSSR count). The highest BCUT2D eigenvalue weighted by Gasteiger charge is 2.21. The Bertz CT molecular complexity index is 1210. The Labute approximate surface area is 212 Å². The second kappa shape index (κ2) is 11.7. The van der Waals surface area contributed by atoms with E-state index in [-0.39, 0.29) is 18.8 Å². The molecule has 190 valence electrons. The molecule has 2 atom stereocenters. The van der Waals surface area contributed by atoms with Crippen molar-refractivity contribution in [3.05, 3.63) is 88.7 Å². The zero-order valence-corrected chi connectivity index (χ0v) is 21.0. The van der Waals surface area contributed by atoms with Crippen molar-refractivity contribution in [1.29, 1.82) is 0 Å². The molecule has 0 radical (unpaired) electrons. The van der Waals surface area contributed by atoms with Gasteiger partial charge in [0.05, 0.1) is 6.42 Å². The van der Waals surface area contributed by atoms with Gasteiger partial charge in [-0.15, -0.1) is 0 Å². The summed E-state index contributed by atoms with van der Waals surface area (Å²) in [4.78, 5) is 13.7. The molecule has 1 heterocycles. The van der Waals surface area contributed by atoms with Gasteiger partial charge >= 0.3 is 5.97 Å². The highest BCUT2D eigenvalue weighted by atomic mass is 19.1. The molecule has 0 spiro atoms. The molecule has 5 nitrogen and oxygen atoms in total. The van der Waals surface area contributed by atoms with Crippen molar-refractivity contribution < 1.29 is 19.0 Å². The number of ether oxygens (including phenoxy) is 1. The second-order valence-corrected chi connectivity index (χ2v) is 9.82. The highest BCUT2D eigenvalue weighted by Crippen LogP contribution is 2.31. The Balaban J connectivity index is 1.63. The van der Waals surface area contributed by atoms with Crippen molar-refractivity contribution in [3.63, 3.8) is 0 Å². The number of para-hydroxylation sites is 1. The number of hydrogen-bond donors (Lipinski definition) is 2. The lowest BCUT2D eigenvalue weighted by Crippen LogP contribution is -2.25. The molecule has 3 aromatic carbocycles. The second-order valence-electron chi connectivity index (χ2n) is 9.82. The zero-order chi connectivity index (χ0) is 25.7. The van der Waals surface area contributed by atoms with Crippen LogP contribution in [-0.4, -0.2) is 35.6 Å². The van der Waals surface area contributed by atoms with Gasteiger partial charge in [-0.2, -0.15) is 0 Å². The summed E-state index contributed by atoms with van der Waals surface area (Å²) in [7, 11) is 2.18. The van der Waals surface area contributed by atoms with Crippen LogP contribution in [-0.2, 0) is 24.2 Å². The Morgan fingerprint density at radius 1 is 1.17 bits per heavy atom. The van der Waals surface area contributed by atoms with E-state index in [9.17, 15) is 9.90 Å². The Hall–Kier alpha value is -3.22. The van der Waals surface area contributed by atoms with E-state index in [4.69, 9.17) is 10.5 Å². The first kappa shape index (κ1) is 25.9. The third-order valence-corrected chi connectivity index (χ3v) is 7.03. The zero-order valence-electron chi connectivity index (χ0n) is 21.0. The van der Waals surface area contributed by atoms with Gasteiger partial charge in [0, 0.05) is 28.8 Å². The summed E-state index contributed by atoms with van der Waals surface area (Å²) >= 11 is 0. The van der Waals surface area contributed by atoms with Crippen LogP contribution in [0.5, 0.6) is 5.75 Å². The van der Waals surface area contributed by atoms with Crippen LogP contribution in [0.25, 0.3) is 11.1 Å². The normalized spacial score (nSPS) is 16.7. The molecular formula is C30H35FN2O3. The quantitative estimate of drug-likeness (QED) is 0.379. The fourth-order valence-electron chi connectivity index (χ4n) is 5.06. The fourth-order valence-corrected chi connectivity index (χ4v) is 5.06. The smallest absolute Gasteiger partial charge is 0.307 e. The number of nitrogens with two attached hydrogens (primary N) is 1. The molecule has 36 heavy (non-hydrogen) atoms. The van der Waals surface area contributed by atoms with Crippen LogP contribution in [0.3, 0.4) is 0 Å². The van der Waals surface area contributed by atoms with E-state index in [0.717, 1.165) is 36.1 Å². The van der Waals surface area contributed by atoms with E-state index in [1.807, 2.05) is 18.2 Å². The topological polar surface area (TPSA) is 75.8 Å². The number of halogens is 1. The van der Waals surface area contributed by atoms with Gasteiger partial charge in [0.1, 0.15) is 18.2 Å². The Morgan fingerprint density at radius 3 is 2.67 bits per heavy atom. The fraction of sp³-hybridized carbons (Fsp3) is 0.367. The third kappa shape index (κ3) is 6.31. The molecule has 1 aliphatic rings. The van der Waals surface area contributed by atoms with Gasteiger partial charge in [-0.1, -0.05) is 48.5 Å². The van der Waals surface area contributed by atoms with Gasteiger partial charge in [0.2, 0.25) is 0 Å². The average molecular weight is 491 g/mol. The van der Waals surface area contributed by atoms with E-state index in [2.05, 4.69) is 24.1 Å². The van der Waals surface area contributed by atoms with Crippen molar-refractivity contribution in [1.82, 2.24) is 4.90 Å². The number of aliphatic carboxylic acids is 1. The van der Waals surface area contributed by atoms with Crippen molar-refractivity contribution in [2.75, 3.05) is 13.6 Å². The van der Waals surface area contributed by atoms with Gasteiger partial charge < -0.3 is 20.5 Å². The summed E-state index contributed by atoms with van der Waals surface area (Å²) in [5.74, 6) is -0.653. The van der Waals surface area contributed by atoms with E-state index < -0.39 is 12.0 Å². The van der Waals surface area contributed by atoms with Crippen LogP contribution >= 0.6 is 0 Å². The van der Waals surface area contributed by atoms with Crippen LogP contribution in [0, 0.1) is 5.82 Å². The number of benzene rings is 3. The van der Waals surface area contributed by atoms with Crippen LogP contribution in [0.1, 0.15) is 54.5 Å². The van der Waals surface area contributed by atoms with E-state index in [0.29, 0.717) is 28.5 Å². The number of carbonyl (C=O) groups is 1. The lowest BCUT2D eigenvalue weighted by Gasteiger charge is -2.20. The minimum Gasteiger partial charge on any atom is -0.489 e. The summed E-state index contributed by atoms with van der Waals surface area (Å²) in [6.07, 6.45) is 4.26. The number of likely N-dealkylation sites (tertiary alicyclic amines) is 1. The van der Waals surface area contributed by atoms with E-state index in [1.54, 1.807) is 37.3 Å². The summed E-state index contributed by atoms with van der Waals surface area (Å²) in [5, 5.41) is 9.23. The molecule has 0 aromatic heterocycles. The lowest BCUT2D eigenvalue weighted by molar-refractivity contribution is -0.136. The molecule has 1 unspecified atom stereocenters. The molecule has 3 N–H and O–H groups in total. The molecular weight excluding hydrogens is 455 g/mol. The minimum absolute atomic E-state index is 0.106.